The summed E-state index contributed by atoms with van der Waals surface area (Å²) in [6.45, 7) is 3.63. The lowest BCUT2D eigenvalue weighted by Crippen LogP contribution is -2.23. The van der Waals surface area contributed by atoms with Crippen molar-refractivity contribution in [2.24, 2.45) is 17.4 Å². The van der Waals surface area contributed by atoms with Crippen molar-refractivity contribution in [2.75, 3.05) is 0 Å². The Labute approximate surface area is 153 Å². The number of hydrogen-bond acceptors (Lipinski definition) is 7. The normalized spacial score (nSPS) is 11.4. The van der Waals surface area contributed by atoms with Gasteiger partial charge in [0.25, 0.3) is 11.4 Å². The van der Waals surface area contributed by atoms with Gasteiger partial charge in [0.2, 0.25) is 0 Å². The molecule has 0 aliphatic carbocycles. The first kappa shape index (κ1) is 20.3. The number of benzene rings is 1. The van der Waals surface area contributed by atoms with Crippen LogP contribution < -0.4 is 11.5 Å². The Hall–Kier alpha value is -2.71. The number of rotatable bonds is 7. The summed E-state index contributed by atoms with van der Waals surface area (Å²) in [7, 11) is 0. The molecule has 0 heterocycles. The van der Waals surface area contributed by atoms with Gasteiger partial charge in [0.1, 0.15) is 32.7 Å². The summed E-state index contributed by atoms with van der Waals surface area (Å²) in [5, 5.41) is 32.7. The van der Waals surface area contributed by atoms with Crippen LogP contribution in [-0.4, -0.2) is 19.8 Å². The van der Waals surface area contributed by atoms with Crippen molar-refractivity contribution < 1.29 is 9.85 Å². The zero-order valence-electron chi connectivity index (χ0n) is 13.4. The molecule has 0 aromatic heterocycles. The van der Waals surface area contributed by atoms with Gasteiger partial charge in [0.05, 0.1) is 15.4 Å². The Balaban J connectivity index is 4.24. The minimum absolute atomic E-state index is 0.0140. The average Bonchev–Trinajstić information content (AvgIpc) is 2.51. The van der Waals surface area contributed by atoms with Gasteiger partial charge in [-0.15, -0.1) is 0 Å². The Bertz CT molecular complexity index is 778. The van der Waals surface area contributed by atoms with Crippen molar-refractivity contribution in [3.8, 4) is 6.07 Å². The van der Waals surface area contributed by atoms with Crippen LogP contribution in [0.2, 0.25) is 0 Å². The molecule has 0 fully saturated rings. The predicted molar refractivity (Wildman–Crippen MR) is 99.4 cm³/mol. The van der Waals surface area contributed by atoms with E-state index in [2.05, 4.69) is 0 Å². The fraction of sp³-hybridized carbons (Fsp3) is 0.357. The molecule has 0 spiro atoms. The molecule has 132 valence electrons. The molecule has 1 atom stereocenters. The predicted octanol–water partition coefficient (Wildman–Crippen LogP) is 2.23. The van der Waals surface area contributed by atoms with Crippen molar-refractivity contribution in [2.45, 2.75) is 26.7 Å². The first-order chi connectivity index (χ1) is 11.6. The molecule has 0 radical (unpaired) electrons. The van der Waals surface area contributed by atoms with Gasteiger partial charge in [0.15, 0.2) is 0 Å². The minimum Gasteiger partial charge on any atom is -0.389 e. The molecule has 4 N–H and O–H groups in total. The van der Waals surface area contributed by atoms with E-state index in [-0.39, 0.29) is 29.0 Å². The van der Waals surface area contributed by atoms with E-state index in [4.69, 9.17) is 35.9 Å². The quantitative estimate of drug-likeness (QED) is 0.409. The summed E-state index contributed by atoms with van der Waals surface area (Å²) in [6.07, 6.45) is 0.638. The van der Waals surface area contributed by atoms with Crippen LogP contribution in [0.25, 0.3) is 0 Å². The fourth-order valence-corrected chi connectivity index (χ4v) is 2.85. The maximum absolute atomic E-state index is 11.6. The molecule has 9 nitrogen and oxygen atoms in total. The van der Waals surface area contributed by atoms with E-state index in [1.165, 1.54) is 0 Å². The topological polar surface area (TPSA) is 162 Å². The van der Waals surface area contributed by atoms with E-state index in [0.717, 1.165) is 0 Å². The highest BCUT2D eigenvalue weighted by Crippen LogP contribution is 2.40. The summed E-state index contributed by atoms with van der Waals surface area (Å²) >= 11 is 9.70. The van der Waals surface area contributed by atoms with Crippen LogP contribution in [0.4, 0.5) is 11.4 Å². The van der Waals surface area contributed by atoms with E-state index in [1.54, 1.807) is 13.0 Å². The third kappa shape index (κ3) is 3.86. The highest BCUT2D eigenvalue weighted by Gasteiger charge is 2.38. The molecule has 1 aromatic rings. The number of nitrogens with zero attached hydrogens (tertiary/aromatic N) is 3. The lowest BCUT2D eigenvalue weighted by molar-refractivity contribution is -0.395. The molecular weight excluding hydrogens is 366 g/mol. The molecule has 1 aromatic carbocycles. The molecule has 1 unspecified atom stereocenters. The van der Waals surface area contributed by atoms with Crippen LogP contribution in [0.15, 0.2) is 0 Å². The summed E-state index contributed by atoms with van der Waals surface area (Å²) in [5.41, 5.74) is 8.53. The van der Waals surface area contributed by atoms with E-state index in [1.807, 2.05) is 6.92 Å². The fourth-order valence-electron chi connectivity index (χ4n) is 2.46. The summed E-state index contributed by atoms with van der Waals surface area (Å²) in [4.78, 5) is 20.8. The van der Waals surface area contributed by atoms with Crippen molar-refractivity contribution >= 4 is 45.8 Å². The van der Waals surface area contributed by atoms with Gasteiger partial charge in [-0.05, 0) is 12.3 Å². The highest BCUT2D eigenvalue weighted by atomic mass is 32.1. The van der Waals surface area contributed by atoms with Crippen molar-refractivity contribution in [1.29, 1.82) is 5.26 Å². The van der Waals surface area contributed by atoms with Crippen molar-refractivity contribution in [1.82, 2.24) is 0 Å². The maximum Gasteiger partial charge on any atom is 0.291 e. The molecule has 25 heavy (non-hydrogen) atoms. The van der Waals surface area contributed by atoms with Crippen LogP contribution in [0.5, 0.6) is 0 Å². The number of hydrogen-bond donors (Lipinski definition) is 2. The molecule has 0 aliphatic rings. The maximum atomic E-state index is 11.6. The molecule has 0 amide bonds. The van der Waals surface area contributed by atoms with Crippen LogP contribution in [0.1, 0.15) is 42.5 Å². The zero-order valence-corrected chi connectivity index (χ0v) is 15.1. The van der Waals surface area contributed by atoms with E-state index in [9.17, 15) is 25.5 Å². The van der Waals surface area contributed by atoms with Crippen LogP contribution in [0.3, 0.4) is 0 Å². The second-order valence-electron chi connectivity index (χ2n) is 5.37. The van der Waals surface area contributed by atoms with Crippen molar-refractivity contribution in [3.63, 3.8) is 0 Å². The van der Waals surface area contributed by atoms with Gasteiger partial charge in [-0.1, -0.05) is 44.7 Å². The lowest BCUT2D eigenvalue weighted by atomic mass is 9.88. The van der Waals surface area contributed by atoms with E-state index >= 15 is 0 Å². The van der Waals surface area contributed by atoms with Gasteiger partial charge in [-0.25, -0.2) is 0 Å². The Morgan fingerprint density at radius 3 is 1.80 bits per heavy atom. The van der Waals surface area contributed by atoms with E-state index < -0.39 is 36.8 Å². The summed E-state index contributed by atoms with van der Waals surface area (Å²) < 4.78 is 0. The summed E-state index contributed by atoms with van der Waals surface area (Å²) in [5.74, 6) is -0.108. The van der Waals surface area contributed by atoms with Crippen molar-refractivity contribution in [3.05, 3.63) is 42.5 Å². The number of nitro groups is 2. The van der Waals surface area contributed by atoms with Gasteiger partial charge in [-0.2, -0.15) is 5.26 Å². The Kier molecular flexibility index (Phi) is 6.43. The van der Waals surface area contributed by atoms with Gasteiger partial charge >= 0.3 is 0 Å². The smallest absolute Gasteiger partial charge is 0.291 e. The first-order valence-electron chi connectivity index (χ1n) is 7.09. The first-order valence-corrected chi connectivity index (χ1v) is 7.91. The molecule has 0 saturated heterocycles. The molecular formula is C14H15N5O4S2. The molecule has 0 saturated carbocycles. The SMILES string of the molecule is CCC(C)Cc1c([N+](=O)[O-])c(C(N)=S)c(C#N)c(C(N)=S)c1[N+](=O)[O-]. The minimum atomic E-state index is -0.816. The van der Waals surface area contributed by atoms with Gasteiger partial charge in [0, 0.05) is 0 Å². The zero-order chi connectivity index (χ0) is 19.5. The van der Waals surface area contributed by atoms with Crippen LogP contribution in [-0.2, 0) is 6.42 Å². The monoisotopic (exact) mass is 381 g/mol. The third-order valence-electron chi connectivity index (χ3n) is 3.76. The summed E-state index contributed by atoms with van der Waals surface area (Å²) in [6, 6.07) is 1.67. The molecule has 0 aliphatic heterocycles. The number of thiocarbonyl (C=S) groups is 2. The Morgan fingerprint density at radius 1 is 1.16 bits per heavy atom. The van der Waals surface area contributed by atoms with Crippen LogP contribution >= 0.6 is 24.4 Å². The van der Waals surface area contributed by atoms with Gasteiger partial charge < -0.3 is 11.5 Å². The van der Waals surface area contributed by atoms with Gasteiger partial charge in [-0.3, -0.25) is 20.2 Å². The molecule has 11 heteroatoms. The largest absolute Gasteiger partial charge is 0.389 e. The molecule has 0 bridgehead atoms. The number of nitro benzene ring substituents is 2. The number of nitriles is 1. The van der Waals surface area contributed by atoms with E-state index in [0.29, 0.717) is 6.42 Å². The van der Waals surface area contributed by atoms with Crippen LogP contribution in [0, 0.1) is 37.5 Å². The standard InChI is InChI=1S/C14H15N5O4S2/c1-3-6(2)4-7-11(18(20)21)9(13(16)24)8(5-15)10(14(17)25)12(7)19(22)23/h6H,3-4H2,1-2H3,(H2,16,24)(H2,17,25). The Morgan fingerprint density at radius 2 is 1.56 bits per heavy atom. The molecule has 1 rings (SSSR count). The second-order valence-corrected chi connectivity index (χ2v) is 6.25. The second kappa shape index (κ2) is 7.91. The average molecular weight is 381 g/mol. The lowest BCUT2D eigenvalue weighted by Gasteiger charge is -2.16. The third-order valence-corrected chi connectivity index (χ3v) is 4.17. The number of nitrogens with two attached hydrogens (primary N) is 2. The highest BCUT2D eigenvalue weighted by molar-refractivity contribution is 7.81.